The SMILES string of the molecule is Cc1ccc(C[C@H](CC(=O)[C@@H]2Cc3cn(nn3)CCC[C@@H]3CC(=O)[C@@H](NC(=O)CN)CSSC[C@H](NC(=O)[C@H](CCCN=C(N)N)CC(=O)[C@@H]4CCCN4C(=O)[C@H](CC(=O)O)CC(=O)[C@H]([C@@H](C)O)NC3=O)C(=O)C[C@@H](CCCNC(N)=O)C(=O)N[C@@H](Cc3ccc(O)c(I)c3)C(=O)C[C@@H](CCC(N)=O)C(=O)N2)C(N)=O)cc1. The standard InChI is InChI=1S/C73H102IN17O19S2/c1-38-11-13-40(14-12-38)23-46(66(77)104)30-57(95)51-33-48-35-90(89-88-48)21-5-9-44-27-58(96)52(83-63(101)34-75)36-111-112-37-53(59(97)26-42(8-4-20-82-73(80)110)67(105)84-50(25-41-15-17-55(93)49(74)24-41)56(94)28-45(69(107)85-51)16-18-62(76)100)86-68(106)43(7-3-19-81-72(78)79)29-60(98)54-10-6-22-91(54)71(109)47(32-64(102)103)31-61(99)65(39(2)92)87-70(44)108/h11-15,17,24,35,39,42-47,50-54,65,92-93H,3-10,16,18-23,25-34,36-37,75H2,1-2H3,(H2,76,100)(H2,77,104)(H,83,101)(H,84,105)(H,85,107)(H,86,106)(H,87,108)(H,102,103)(H4,78,79,81)(H3,80,82,110)/t39-,42-,43-,44-,45-,46-,47+,50+,51+,52+,53+,54+,65+/m1/s1. The molecule has 0 saturated carbocycles. The quantitative estimate of drug-likeness (QED) is 0.0169. The van der Waals surface area contributed by atoms with E-state index in [2.05, 4.69) is 47.2 Å². The number of ketones is 6. The van der Waals surface area contributed by atoms with Crippen molar-refractivity contribution in [2.75, 3.05) is 37.7 Å². The molecule has 2 aromatic carbocycles. The number of phenolic OH excluding ortho intramolecular Hbond substituents is 1. The van der Waals surface area contributed by atoms with Gasteiger partial charge in [0.05, 0.1) is 64.5 Å². The number of Topliss-reactive ketones (excluding diaryl/α,β-unsaturated/α-hetero) is 6. The maximum atomic E-state index is 15.4. The number of nitrogens with one attached hydrogen (secondary N) is 6. The van der Waals surface area contributed by atoms with Gasteiger partial charge in [0.15, 0.2) is 40.7 Å². The number of primary amides is 3. The minimum atomic E-state index is -1.84. The number of urea groups is 1. The van der Waals surface area contributed by atoms with E-state index in [1.165, 1.54) is 29.1 Å². The summed E-state index contributed by atoms with van der Waals surface area (Å²) in [5.41, 5.74) is 36.1. The Bertz CT molecular complexity index is 3940. The number of aromatic nitrogens is 3. The minimum Gasteiger partial charge on any atom is -0.507 e. The van der Waals surface area contributed by atoms with Gasteiger partial charge < -0.3 is 86.5 Å². The number of halogens is 1. The van der Waals surface area contributed by atoms with Crippen molar-refractivity contribution in [1.82, 2.24) is 51.8 Å². The number of benzene rings is 2. The molecule has 36 nitrogen and oxygen atoms in total. The van der Waals surface area contributed by atoms with Crippen LogP contribution in [0.3, 0.4) is 0 Å². The van der Waals surface area contributed by atoms with Gasteiger partial charge in [0.2, 0.25) is 47.3 Å². The van der Waals surface area contributed by atoms with E-state index < -0.39 is 243 Å². The summed E-state index contributed by atoms with van der Waals surface area (Å²) in [5, 5.41) is 56.3. The molecule has 4 bridgehead atoms. The number of rotatable bonds is 24. The zero-order valence-electron chi connectivity index (χ0n) is 62.5. The molecule has 0 aliphatic carbocycles. The number of aryl methyl sites for hydroxylation is 2. The summed E-state index contributed by atoms with van der Waals surface area (Å²) in [6.07, 6.45) is -7.38. The van der Waals surface area contributed by atoms with Crippen LogP contribution in [0.2, 0.25) is 0 Å². The number of nitrogens with zero attached hydrogens (tertiary/aromatic N) is 5. The Morgan fingerprint density at radius 2 is 1.35 bits per heavy atom. The first-order valence-corrected chi connectivity index (χ1v) is 40.6. The van der Waals surface area contributed by atoms with E-state index in [-0.39, 0.29) is 119 Å². The largest absolute Gasteiger partial charge is 0.507 e. The van der Waals surface area contributed by atoms with Gasteiger partial charge in [0.1, 0.15) is 11.8 Å². The van der Waals surface area contributed by atoms with E-state index in [4.69, 9.17) is 34.4 Å². The van der Waals surface area contributed by atoms with E-state index >= 15 is 24.0 Å². The fourth-order valence-corrected chi connectivity index (χ4v) is 16.5. The van der Waals surface area contributed by atoms with Gasteiger partial charge in [-0.1, -0.05) is 62.7 Å². The highest BCUT2D eigenvalue weighted by Crippen LogP contribution is 2.31. The second-order valence-electron chi connectivity index (χ2n) is 28.6. The number of carboxylic acid groups (broad SMARTS) is 1. The molecule has 0 unspecified atom stereocenters. The third-order valence-electron chi connectivity index (χ3n) is 19.7. The molecule has 2 fully saturated rings. The Hall–Kier alpha value is -9.48. The Kier molecular flexibility index (Phi) is 36.9. The maximum absolute atomic E-state index is 15.4. The molecule has 2 saturated heterocycles. The van der Waals surface area contributed by atoms with Crippen molar-refractivity contribution in [2.24, 2.45) is 74.9 Å². The van der Waals surface area contributed by atoms with Crippen molar-refractivity contribution < 1.29 is 92.0 Å². The van der Waals surface area contributed by atoms with E-state index in [1.54, 1.807) is 24.3 Å². The molecule has 0 radical (unpaired) electrons. The molecule has 112 heavy (non-hydrogen) atoms. The lowest BCUT2D eigenvalue weighted by Gasteiger charge is -2.30. The first-order chi connectivity index (χ1) is 53.1. The van der Waals surface area contributed by atoms with Gasteiger partial charge >= 0.3 is 12.0 Å². The number of aliphatic imine (C=N–C) groups is 1. The molecule has 612 valence electrons. The molecular weight excluding hydrogens is 1610 g/mol. The summed E-state index contributed by atoms with van der Waals surface area (Å²) in [4.78, 5) is 234. The summed E-state index contributed by atoms with van der Waals surface area (Å²) in [5.74, 6) is -23.2. The van der Waals surface area contributed by atoms with Crippen LogP contribution in [0.5, 0.6) is 5.75 Å². The number of aliphatic carboxylic acids is 1. The molecule has 1 aromatic heterocycles. The fourth-order valence-electron chi connectivity index (χ4n) is 13.5. The van der Waals surface area contributed by atoms with Crippen molar-refractivity contribution in [3.05, 3.63) is 74.6 Å². The third kappa shape index (κ3) is 29.9. The number of hydrogen-bond acceptors (Lipinski definition) is 24. The predicted octanol–water partition coefficient (Wildman–Crippen LogP) is -0.952. The number of guanidine groups is 1. The highest BCUT2D eigenvalue weighted by Gasteiger charge is 2.43. The third-order valence-corrected chi connectivity index (χ3v) is 23.0. The Balaban J connectivity index is 1.56. The number of hydrogen-bond donors (Lipinski definition) is 15. The van der Waals surface area contributed by atoms with E-state index in [9.17, 15) is 68.1 Å². The highest BCUT2D eigenvalue weighted by atomic mass is 127. The second kappa shape index (κ2) is 45.3. The molecule has 0 spiro atoms. The van der Waals surface area contributed by atoms with Crippen LogP contribution in [-0.2, 0) is 97.7 Å². The lowest BCUT2D eigenvalue weighted by molar-refractivity contribution is -0.148. The molecule has 21 N–H and O–H groups in total. The van der Waals surface area contributed by atoms with E-state index in [0.29, 0.717) is 14.7 Å². The van der Waals surface area contributed by atoms with Crippen molar-refractivity contribution in [3.8, 4) is 5.75 Å². The summed E-state index contributed by atoms with van der Waals surface area (Å²) in [6.45, 7) is 2.01. The molecule has 4 heterocycles. The maximum Gasteiger partial charge on any atom is 0.312 e. The van der Waals surface area contributed by atoms with Crippen LogP contribution >= 0.6 is 44.2 Å². The summed E-state index contributed by atoms with van der Waals surface area (Å²) in [7, 11) is 1.85. The van der Waals surface area contributed by atoms with Crippen LogP contribution in [-0.4, -0.2) is 215 Å². The molecule has 13 atom stereocenters. The molecule has 6 rings (SSSR count). The molecule has 10 amide bonds. The molecule has 39 heteroatoms. The van der Waals surface area contributed by atoms with Gasteiger partial charge in [0.25, 0.3) is 0 Å². The van der Waals surface area contributed by atoms with Crippen LogP contribution in [0.1, 0.15) is 138 Å². The predicted molar refractivity (Wildman–Crippen MR) is 418 cm³/mol. The number of fused-ring (bicyclic) bond motifs is 11. The lowest BCUT2D eigenvalue weighted by atomic mass is 9.88. The first-order valence-electron chi connectivity index (χ1n) is 37.0. The van der Waals surface area contributed by atoms with Crippen LogP contribution in [0.4, 0.5) is 4.79 Å². The van der Waals surface area contributed by atoms with Crippen molar-refractivity contribution in [2.45, 2.75) is 191 Å². The van der Waals surface area contributed by atoms with Gasteiger partial charge in [-0.3, -0.25) is 81.6 Å². The van der Waals surface area contributed by atoms with E-state index in [1.807, 2.05) is 29.5 Å². The van der Waals surface area contributed by atoms with Gasteiger partial charge in [-0.05, 0) is 130 Å². The topological polar surface area (TPSA) is 608 Å². The molecule has 3 aromatic rings. The Morgan fingerprint density at radius 3 is 2.00 bits per heavy atom. The number of nitrogens with two attached hydrogens (primary N) is 6. The summed E-state index contributed by atoms with van der Waals surface area (Å²) < 4.78 is 1.64. The fraction of sp³-hybridized carbons (Fsp3) is 0.575. The lowest BCUT2D eigenvalue weighted by Crippen LogP contribution is -2.52. The molecular formula is C73H102IN17O19S2. The number of phenols is 1. The van der Waals surface area contributed by atoms with Crippen molar-refractivity contribution >= 4 is 144 Å². The van der Waals surface area contributed by atoms with Gasteiger partial charge in [0, 0.05) is 125 Å². The first kappa shape index (κ1) is 91.4. The normalized spacial score (nSPS) is 24.2. The van der Waals surface area contributed by atoms with Crippen LogP contribution < -0.4 is 66.3 Å². The zero-order valence-corrected chi connectivity index (χ0v) is 66.3. The average Bonchev–Trinajstić information content (AvgIpc) is 1.86. The van der Waals surface area contributed by atoms with Crippen molar-refractivity contribution in [1.29, 1.82) is 0 Å². The summed E-state index contributed by atoms with van der Waals surface area (Å²) in [6, 6.07) is 1.20. The number of carbonyl (C=O) groups is 16. The highest BCUT2D eigenvalue weighted by molar-refractivity contribution is 14.1. The van der Waals surface area contributed by atoms with Crippen molar-refractivity contribution in [3.63, 3.8) is 0 Å². The van der Waals surface area contributed by atoms with Gasteiger partial charge in [-0.15, -0.1) is 5.10 Å². The Morgan fingerprint density at radius 1 is 0.714 bits per heavy atom. The minimum absolute atomic E-state index is 0.0000982. The number of aliphatic hydroxyl groups excluding tert-OH is 1. The number of aliphatic hydroxyl groups is 1. The van der Waals surface area contributed by atoms with E-state index in [0.717, 1.165) is 39.0 Å². The monoisotopic (exact) mass is 1710 g/mol. The number of carbonyl (C=O) groups excluding carboxylic acids is 15. The number of carboxylic acids is 1. The molecule has 3 aliphatic heterocycles. The summed E-state index contributed by atoms with van der Waals surface area (Å²) >= 11 is 1.85. The second-order valence-corrected chi connectivity index (χ2v) is 32.3. The van der Waals surface area contributed by atoms with Crippen LogP contribution in [0.15, 0.2) is 53.7 Å². The zero-order chi connectivity index (χ0) is 82.5. The number of amides is 10. The Labute approximate surface area is 668 Å². The van der Waals surface area contributed by atoms with Crippen LogP contribution in [0.25, 0.3) is 0 Å². The average molecular weight is 1710 g/mol. The number of aromatic hydroxyl groups is 1. The van der Waals surface area contributed by atoms with Gasteiger partial charge in [-0.2, -0.15) is 0 Å². The smallest absolute Gasteiger partial charge is 0.312 e. The van der Waals surface area contributed by atoms with Crippen LogP contribution in [0, 0.1) is 46.0 Å². The van der Waals surface area contributed by atoms with Gasteiger partial charge in [-0.25, -0.2) is 4.79 Å². The molecule has 3 aliphatic rings.